The van der Waals surface area contributed by atoms with Crippen molar-refractivity contribution in [3.63, 3.8) is 0 Å². The van der Waals surface area contributed by atoms with Crippen molar-refractivity contribution in [2.24, 2.45) is 12.5 Å². The second-order valence-corrected chi connectivity index (χ2v) is 24.4. The Morgan fingerprint density at radius 3 is 2.31 bits per heavy atom. The van der Waals surface area contributed by atoms with Crippen molar-refractivity contribution in [1.29, 1.82) is 0 Å². The van der Waals surface area contributed by atoms with Gasteiger partial charge in [0.25, 0.3) is 11.5 Å². The third-order valence-corrected chi connectivity index (χ3v) is 16.1. The number of fused-ring (bicyclic) bond motifs is 2. The SMILES string of the molecule is Cc1ncsc1-c1ccc(CNC(=O)C2CC(O)CN2C(=O)C(NC(=O)CCCCCCCCCCNC(=O)c2cc3c(cc2CS(C)(=O)=O)-c2cn(C)c(=O)c4[nH]cc(c24)CN3c2ncc(F)cc2F)C(C)(C)C)cc1. The monoisotopic (exact) mass is 1100 g/mol. The van der Waals surface area contributed by atoms with Crippen LogP contribution in [0.4, 0.5) is 20.3 Å². The van der Waals surface area contributed by atoms with Crippen LogP contribution in [0.5, 0.6) is 0 Å². The number of carbonyl (C=O) groups excluding carboxylic acids is 4. The van der Waals surface area contributed by atoms with E-state index >= 15 is 4.39 Å². The molecule has 3 unspecified atom stereocenters. The summed E-state index contributed by atoms with van der Waals surface area (Å²) >= 11 is 1.56. The fourth-order valence-corrected chi connectivity index (χ4v) is 11.9. The normalized spacial score (nSPS) is 15.8. The summed E-state index contributed by atoms with van der Waals surface area (Å²) in [4.78, 5) is 83.4. The second-order valence-electron chi connectivity index (χ2n) is 21.4. The summed E-state index contributed by atoms with van der Waals surface area (Å²) in [6.07, 6.45) is 11.2. The van der Waals surface area contributed by atoms with Crippen LogP contribution < -0.4 is 26.4 Å². The van der Waals surface area contributed by atoms with E-state index in [1.54, 1.807) is 42.4 Å². The van der Waals surface area contributed by atoms with Gasteiger partial charge in [-0.3, -0.25) is 24.0 Å². The number of β-amino-alcohol motifs (C(OH)–C–C–N with tert-alkyl or cyclic N) is 1. The standard InChI is InChI=1S/C56H67F2N9O8S2/c1-33-49(76-32-63-33)35-18-16-34(17-19-35)25-62-53(71)45-23-39(68)29-67(45)55(73)50(56(2,3)4)64-46(69)15-13-11-9-7-8-10-12-14-20-59-52(70)40-24-44-41(21-36(40)31-77(6,74)75)42-30-65(5)54(72)48-47(42)37(26-60-48)28-66(44)51-43(58)22-38(57)27-61-51/h16-19,21-22,24,26-27,30,32,39,45,50,60,68H,7-15,20,23,25,28-29,31H2,1-6H3,(H,59,70)(H,62,71)(H,64,69). The summed E-state index contributed by atoms with van der Waals surface area (Å²) in [5.41, 5.74) is 6.21. The molecule has 4 amide bonds. The number of nitrogens with one attached hydrogen (secondary N) is 4. The van der Waals surface area contributed by atoms with Crippen LogP contribution >= 0.6 is 11.3 Å². The number of carbonyl (C=O) groups is 4. The number of rotatable bonds is 21. The molecule has 0 saturated carbocycles. The minimum atomic E-state index is -3.67. The van der Waals surface area contributed by atoms with Gasteiger partial charge in [0.15, 0.2) is 21.5 Å². The van der Waals surface area contributed by atoms with Gasteiger partial charge in [-0.05, 0) is 59.6 Å². The molecule has 17 nitrogen and oxygen atoms in total. The number of aliphatic hydroxyl groups excluding tert-OH is 1. The van der Waals surface area contributed by atoms with Crippen molar-refractivity contribution < 1.29 is 41.5 Å². The molecule has 2 aliphatic rings. The summed E-state index contributed by atoms with van der Waals surface area (Å²) < 4.78 is 56.7. The molecule has 21 heteroatoms. The summed E-state index contributed by atoms with van der Waals surface area (Å²) in [6.45, 7) is 8.07. The molecule has 0 spiro atoms. The number of thiazole rings is 1. The van der Waals surface area contributed by atoms with Crippen molar-refractivity contribution in [3.05, 3.63) is 117 Å². The number of likely N-dealkylation sites (tertiary alicyclic amines) is 1. The van der Waals surface area contributed by atoms with Gasteiger partial charge >= 0.3 is 0 Å². The van der Waals surface area contributed by atoms with Gasteiger partial charge in [0.1, 0.15) is 23.4 Å². The van der Waals surface area contributed by atoms with Crippen molar-refractivity contribution in [2.75, 3.05) is 24.2 Å². The second kappa shape index (κ2) is 23.8. The van der Waals surface area contributed by atoms with E-state index in [0.29, 0.717) is 58.7 Å². The lowest BCUT2D eigenvalue weighted by Gasteiger charge is -2.35. The predicted molar refractivity (Wildman–Crippen MR) is 293 cm³/mol. The Labute approximate surface area is 450 Å². The molecule has 4 aromatic heterocycles. The Balaban J connectivity index is 0.795. The first-order chi connectivity index (χ1) is 36.6. The Morgan fingerprint density at radius 2 is 1.65 bits per heavy atom. The molecule has 6 heterocycles. The van der Waals surface area contributed by atoms with Gasteiger partial charge in [-0.15, -0.1) is 11.3 Å². The third kappa shape index (κ3) is 13.3. The number of hydrogen-bond donors (Lipinski definition) is 5. The summed E-state index contributed by atoms with van der Waals surface area (Å²) in [6, 6.07) is 9.87. The highest BCUT2D eigenvalue weighted by Crippen LogP contribution is 2.45. The maximum atomic E-state index is 15.5. The zero-order chi connectivity index (χ0) is 55.3. The molecule has 1 saturated heterocycles. The minimum Gasteiger partial charge on any atom is -0.391 e. The van der Waals surface area contributed by atoms with Crippen LogP contribution in [-0.4, -0.2) is 99.1 Å². The van der Waals surface area contributed by atoms with E-state index in [9.17, 15) is 41.9 Å². The number of aromatic nitrogens is 4. The third-order valence-electron chi connectivity index (χ3n) is 14.3. The Bertz CT molecular complexity index is 3350. The molecule has 2 aliphatic heterocycles. The Hall–Kier alpha value is -6.84. The molecule has 3 atom stereocenters. The van der Waals surface area contributed by atoms with E-state index in [4.69, 9.17) is 0 Å². The number of halogens is 2. The minimum absolute atomic E-state index is 0.00574. The maximum absolute atomic E-state index is 15.5. The lowest BCUT2D eigenvalue weighted by Crippen LogP contribution is -2.57. The van der Waals surface area contributed by atoms with Crippen LogP contribution in [0.15, 0.2) is 71.4 Å². The maximum Gasteiger partial charge on any atom is 0.274 e. The van der Waals surface area contributed by atoms with E-state index in [-0.39, 0.29) is 66.8 Å². The molecular weight excluding hydrogens is 1030 g/mol. The smallest absolute Gasteiger partial charge is 0.274 e. The predicted octanol–water partition coefficient (Wildman–Crippen LogP) is 7.88. The number of H-pyrrole nitrogens is 1. The zero-order valence-corrected chi connectivity index (χ0v) is 45.9. The van der Waals surface area contributed by atoms with Gasteiger partial charge in [-0.1, -0.05) is 83.6 Å². The molecule has 410 valence electrons. The molecule has 0 aliphatic carbocycles. The molecule has 5 N–H and O–H groups in total. The fourth-order valence-electron chi connectivity index (χ4n) is 10.3. The van der Waals surface area contributed by atoms with Crippen molar-refractivity contribution in [3.8, 4) is 21.6 Å². The quantitative estimate of drug-likeness (QED) is 0.0436. The number of aromatic amines is 1. The molecule has 77 heavy (non-hydrogen) atoms. The first-order valence-electron chi connectivity index (χ1n) is 26.0. The highest BCUT2D eigenvalue weighted by atomic mass is 32.2. The van der Waals surface area contributed by atoms with E-state index in [2.05, 4.69) is 30.9 Å². The molecule has 2 aromatic carbocycles. The summed E-state index contributed by atoms with van der Waals surface area (Å²) in [7, 11) is -2.09. The van der Waals surface area contributed by atoms with E-state index in [1.165, 1.54) is 20.4 Å². The highest BCUT2D eigenvalue weighted by Gasteiger charge is 2.44. The zero-order valence-electron chi connectivity index (χ0n) is 44.3. The average Bonchev–Trinajstić information content (AvgIpc) is 4.17. The number of anilines is 2. The first kappa shape index (κ1) is 56.4. The van der Waals surface area contributed by atoms with Gasteiger partial charge in [0, 0.05) is 86.3 Å². The van der Waals surface area contributed by atoms with Gasteiger partial charge in [-0.25, -0.2) is 27.2 Å². The summed E-state index contributed by atoms with van der Waals surface area (Å²) in [5, 5.41) is 20.0. The van der Waals surface area contributed by atoms with Crippen LogP contribution in [0.25, 0.3) is 32.5 Å². The van der Waals surface area contributed by atoms with E-state index < -0.39 is 62.6 Å². The number of unbranched alkanes of at least 4 members (excludes halogenated alkanes) is 7. The van der Waals surface area contributed by atoms with Gasteiger partial charge in [-0.2, -0.15) is 0 Å². The van der Waals surface area contributed by atoms with E-state index in [1.807, 2.05) is 52.0 Å². The van der Waals surface area contributed by atoms with Crippen molar-refractivity contribution >= 4 is 67.2 Å². The Kier molecular flexibility index (Phi) is 17.4. The highest BCUT2D eigenvalue weighted by molar-refractivity contribution is 7.89. The largest absolute Gasteiger partial charge is 0.391 e. The van der Waals surface area contributed by atoms with Crippen LogP contribution in [0.1, 0.15) is 118 Å². The van der Waals surface area contributed by atoms with Crippen molar-refractivity contribution in [2.45, 2.75) is 129 Å². The number of hydrogen-bond acceptors (Lipinski definition) is 12. The van der Waals surface area contributed by atoms with Gasteiger partial charge < -0.3 is 40.4 Å². The van der Waals surface area contributed by atoms with E-state index in [0.717, 1.165) is 72.7 Å². The lowest BCUT2D eigenvalue weighted by molar-refractivity contribution is -0.144. The number of pyridine rings is 2. The molecular formula is C56H67F2N9O8S2. The van der Waals surface area contributed by atoms with Gasteiger partial charge in [0.05, 0.1) is 46.4 Å². The molecule has 0 bridgehead atoms. The lowest BCUT2D eigenvalue weighted by atomic mass is 9.85. The molecule has 6 aromatic rings. The number of aryl methyl sites for hydroxylation is 2. The van der Waals surface area contributed by atoms with Crippen molar-refractivity contribution in [1.82, 2.24) is 40.4 Å². The topological polar surface area (TPSA) is 229 Å². The van der Waals surface area contributed by atoms with Crippen LogP contribution in [0.3, 0.4) is 0 Å². The molecule has 8 rings (SSSR count). The van der Waals surface area contributed by atoms with Crippen LogP contribution in [0, 0.1) is 24.0 Å². The average molecular weight is 1100 g/mol. The van der Waals surface area contributed by atoms with Gasteiger partial charge in [0.2, 0.25) is 17.7 Å². The molecule has 1 fully saturated rings. The molecule has 0 radical (unpaired) electrons. The fraction of sp³-hybridized carbons (Fsp3) is 0.446. The number of benzene rings is 2. The number of aliphatic hydroxyl groups is 1. The Morgan fingerprint density at radius 1 is 0.948 bits per heavy atom. The number of amides is 4. The first-order valence-corrected chi connectivity index (χ1v) is 29.0. The van der Waals surface area contributed by atoms with Crippen LogP contribution in [0.2, 0.25) is 0 Å². The number of sulfone groups is 1. The number of nitrogens with zero attached hydrogens (tertiary/aromatic N) is 5. The van der Waals surface area contributed by atoms with Crippen LogP contribution in [-0.2, 0) is 50.1 Å². The summed E-state index contributed by atoms with van der Waals surface area (Å²) in [5.74, 6) is -4.07.